The van der Waals surface area contributed by atoms with Crippen LogP contribution in [0, 0.1) is 4.78 Å². The van der Waals surface area contributed by atoms with E-state index in [0.29, 0.717) is 46.8 Å². The van der Waals surface area contributed by atoms with Crippen LogP contribution in [-0.2, 0) is 9.73 Å². The van der Waals surface area contributed by atoms with Gasteiger partial charge in [0.15, 0.2) is 11.5 Å². The molecule has 0 radical (unpaired) electrons. The van der Waals surface area contributed by atoms with Gasteiger partial charge in [-0.25, -0.2) is 14.0 Å². The molecular formula is C21H21N5O3S. The van der Waals surface area contributed by atoms with Gasteiger partial charge >= 0.3 is 0 Å². The normalized spacial score (nSPS) is 20.1. The average Bonchev–Trinajstić information content (AvgIpc) is 3.21. The number of aromatic nitrogens is 2. The van der Waals surface area contributed by atoms with E-state index in [1.54, 1.807) is 24.4 Å². The summed E-state index contributed by atoms with van der Waals surface area (Å²) in [5.74, 6) is 2.89. The Morgan fingerprint density at radius 2 is 1.97 bits per heavy atom. The SMILES string of the molecule is N=S1(=O)CCCCNc2nc(ncc2-c2ccc3c(c2)OCO3)Nc2cccc1c2. The van der Waals surface area contributed by atoms with Gasteiger partial charge in [-0.15, -0.1) is 0 Å². The van der Waals surface area contributed by atoms with Crippen molar-refractivity contribution in [1.29, 1.82) is 4.78 Å². The largest absolute Gasteiger partial charge is 0.454 e. The van der Waals surface area contributed by atoms with Gasteiger partial charge in [0.05, 0.1) is 9.73 Å². The second kappa shape index (κ2) is 7.49. The standard InChI is InChI=1S/C21H21N5O3S/c22-30(27)9-2-1-8-23-20-17(14-6-7-18-19(10-14)29-13-28-18)12-24-21(26-20)25-15-4-3-5-16(30)11-15/h3-7,10-12,22H,1-2,8-9,13H2,(H2,23,24,25,26). The van der Waals surface area contributed by atoms with E-state index in [4.69, 9.17) is 14.3 Å². The molecule has 3 heterocycles. The summed E-state index contributed by atoms with van der Waals surface area (Å²) in [6.45, 7) is 0.878. The summed E-state index contributed by atoms with van der Waals surface area (Å²) in [5.41, 5.74) is 2.48. The molecule has 154 valence electrons. The molecule has 9 heteroatoms. The Morgan fingerprint density at radius 1 is 1.07 bits per heavy atom. The number of nitrogens with one attached hydrogen (secondary N) is 3. The fourth-order valence-corrected chi connectivity index (χ4v) is 4.98. The van der Waals surface area contributed by atoms with Crippen LogP contribution in [0.4, 0.5) is 17.5 Å². The van der Waals surface area contributed by atoms with E-state index in [2.05, 4.69) is 20.6 Å². The maximum atomic E-state index is 12.8. The van der Waals surface area contributed by atoms with Gasteiger partial charge < -0.3 is 20.1 Å². The third kappa shape index (κ3) is 3.63. The molecule has 0 aliphatic carbocycles. The van der Waals surface area contributed by atoms with Crippen LogP contribution in [-0.4, -0.2) is 33.3 Å². The van der Waals surface area contributed by atoms with E-state index in [-0.39, 0.29) is 6.79 Å². The highest BCUT2D eigenvalue weighted by molar-refractivity contribution is 7.92. The Kier molecular flexibility index (Phi) is 4.66. The molecule has 0 spiro atoms. The van der Waals surface area contributed by atoms with Crippen molar-refractivity contribution in [3.05, 3.63) is 48.7 Å². The summed E-state index contributed by atoms with van der Waals surface area (Å²) in [6.07, 6.45) is 3.24. The van der Waals surface area contributed by atoms with E-state index < -0.39 is 9.73 Å². The van der Waals surface area contributed by atoms with Crippen molar-refractivity contribution in [2.75, 3.05) is 29.7 Å². The Labute approximate surface area is 174 Å². The predicted octanol–water partition coefficient (Wildman–Crippen LogP) is 4.23. The second-order valence-corrected chi connectivity index (χ2v) is 9.42. The summed E-state index contributed by atoms with van der Waals surface area (Å²) in [7, 11) is -2.83. The maximum Gasteiger partial charge on any atom is 0.231 e. The zero-order valence-electron chi connectivity index (χ0n) is 16.2. The van der Waals surface area contributed by atoms with Gasteiger partial charge in [0.25, 0.3) is 0 Å². The van der Waals surface area contributed by atoms with Crippen LogP contribution >= 0.6 is 0 Å². The Hall–Kier alpha value is -3.33. The van der Waals surface area contributed by atoms with Gasteiger partial charge in [-0.2, -0.15) is 4.98 Å². The monoisotopic (exact) mass is 423 g/mol. The maximum absolute atomic E-state index is 12.8. The fourth-order valence-electron chi connectivity index (χ4n) is 3.52. The topological polar surface area (TPSA) is 109 Å². The first kappa shape index (κ1) is 18.7. The highest BCUT2D eigenvalue weighted by Gasteiger charge is 2.17. The summed E-state index contributed by atoms with van der Waals surface area (Å²) in [6, 6.07) is 12.9. The molecule has 1 unspecified atom stereocenters. The van der Waals surface area contributed by atoms with Gasteiger partial charge in [-0.1, -0.05) is 12.1 Å². The Balaban J connectivity index is 1.54. The smallest absolute Gasteiger partial charge is 0.231 e. The number of nitrogens with zero attached hydrogens (tertiary/aromatic N) is 2. The number of fused-ring (bicyclic) bond motifs is 5. The van der Waals surface area contributed by atoms with E-state index in [0.717, 1.165) is 23.3 Å². The number of hydrogen-bond donors (Lipinski definition) is 3. The number of anilines is 3. The average molecular weight is 423 g/mol. The molecule has 0 amide bonds. The number of benzene rings is 2. The van der Waals surface area contributed by atoms with Crippen LogP contribution < -0.4 is 20.1 Å². The zero-order valence-corrected chi connectivity index (χ0v) is 17.0. The third-order valence-electron chi connectivity index (χ3n) is 5.09. The van der Waals surface area contributed by atoms with Crippen molar-refractivity contribution < 1.29 is 13.7 Å². The molecule has 3 N–H and O–H groups in total. The quantitative estimate of drug-likeness (QED) is 0.537. The number of ether oxygens (including phenoxy) is 2. The molecule has 8 nitrogen and oxygen atoms in total. The van der Waals surface area contributed by atoms with Crippen molar-refractivity contribution in [2.45, 2.75) is 17.7 Å². The summed E-state index contributed by atoms with van der Waals surface area (Å²) in [5, 5.41) is 6.54. The van der Waals surface area contributed by atoms with E-state index >= 15 is 0 Å². The fraction of sp³-hybridized carbons (Fsp3) is 0.238. The van der Waals surface area contributed by atoms with Crippen molar-refractivity contribution in [3.8, 4) is 22.6 Å². The second-order valence-electron chi connectivity index (χ2n) is 7.19. The molecule has 1 aromatic heterocycles. The summed E-state index contributed by atoms with van der Waals surface area (Å²) >= 11 is 0. The molecule has 0 fully saturated rings. The van der Waals surface area contributed by atoms with E-state index in [1.807, 2.05) is 24.3 Å². The van der Waals surface area contributed by atoms with E-state index in [1.165, 1.54) is 0 Å². The van der Waals surface area contributed by atoms with Crippen LogP contribution in [0.25, 0.3) is 11.1 Å². The Morgan fingerprint density at radius 3 is 2.90 bits per heavy atom. The molecule has 2 aliphatic heterocycles. The van der Waals surface area contributed by atoms with E-state index in [9.17, 15) is 4.21 Å². The lowest BCUT2D eigenvalue weighted by atomic mass is 10.1. The molecule has 5 rings (SSSR count). The molecule has 0 saturated carbocycles. The molecule has 4 bridgehead atoms. The molecular weight excluding hydrogens is 402 g/mol. The lowest BCUT2D eigenvalue weighted by molar-refractivity contribution is 0.174. The van der Waals surface area contributed by atoms with Gasteiger partial charge in [0.2, 0.25) is 12.7 Å². The molecule has 2 aliphatic rings. The van der Waals surface area contributed by atoms with Gasteiger partial charge in [0, 0.05) is 34.6 Å². The van der Waals surface area contributed by atoms with Gasteiger partial charge in [-0.3, -0.25) is 0 Å². The number of rotatable bonds is 1. The van der Waals surface area contributed by atoms with Gasteiger partial charge in [0.1, 0.15) is 5.82 Å². The first-order valence-corrected chi connectivity index (χ1v) is 11.5. The van der Waals surface area contributed by atoms with Crippen LogP contribution in [0.3, 0.4) is 0 Å². The van der Waals surface area contributed by atoms with Crippen molar-refractivity contribution in [3.63, 3.8) is 0 Å². The van der Waals surface area contributed by atoms with Crippen molar-refractivity contribution in [2.24, 2.45) is 0 Å². The van der Waals surface area contributed by atoms with Crippen LogP contribution in [0.5, 0.6) is 11.5 Å². The Bertz CT molecular complexity index is 1210. The minimum Gasteiger partial charge on any atom is -0.454 e. The summed E-state index contributed by atoms with van der Waals surface area (Å²) < 4.78 is 32.0. The highest BCUT2D eigenvalue weighted by atomic mass is 32.2. The third-order valence-corrected chi connectivity index (χ3v) is 6.97. The minimum atomic E-state index is -2.83. The molecule has 2 aromatic carbocycles. The van der Waals surface area contributed by atoms with Crippen molar-refractivity contribution >= 4 is 27.2 Å². The first-order valence-electron chi connectivity index (χ1n) is 9.73. The lowest BCUT2D eigenvalue weighted by Crippen LogP contribution is -2.09. The predicted molar refractivity (Wildman–Crippen MR) is 115 cm³/mol. The van der Waals surface area contributed by atoms with Crippen LogP contribution in [0.1, 0.15) is 12.8 Å². The van der Waals surface area contributed by atoms with Crippen molar-refractivity contribution in [1.82, 2.24) is 9.97 Å². The van der Waals surface area contributed by atoms with Crippen LogP contribution in [0.15, 0.2) is 53.6 Å². The first-order chi connectivity index (χ1) is 14.6. The minimum absolute atomic E-state index is 0.224. The number of hydrogen-bond acceptors (Lipinski definition) is 8. The molecule has 3 aromatic rings. The molecule has 0 saturated heterocycles. The summed E-state index contributed by atoms with van der Waals surface area (Å²) in [4.78, 5) is 9.67. The van der Waals surface area contributed by atoms with Crippen LogP contribution in [0.2, 0.25) is 0 Å². The zero-order chi connectivity index (χ0) is 20.6. The molecule has 1 atom stereocenters. The van der Waals surface area contributed by atoms with Gasteiger partial charge in [-0.05, 0) is 48.7 Å². The highest BCUT2D eigenvalue weighted by Crippen LogP contribution is 2.37. The lowest BCUT2D eigenvalue weighted by Gasteiger charge is -2.13. The molecule has 30 heavy (non-hydrogen) atoms.